The summed E-state index contributed by atoms with van der Waals surface area (Å²) in [6.45, 7) is 1.66. The first-order chi connectivity index (χ1) is 15.3. The average molecular weight is 472 g/mol. The van der Waals surface area contributed by atoms with Crippen molar-refractivity contribution in [3.63, 3.8) is 0 Å². The number of non-ortho nitro benzene ring substituents is 1. The molecule has 0 N–H and O–H groups in total. The van der Waals surface area contributed by atoms with Gasteiger partial charge >= 0.3 is 0 Å². The number of nitro benzene ring substituents is 1. The Kier molecular flexibility index (Phi) is 4.54. The number of nitrogens with zero attached hydrogens (tertiary/aromatic N) is 3. The van der Waals surface area contributed by atoms with E-state index >= 15 is 0 Å². The first-order valence-electron chi connectivity index (χ1n) is 9.23. The summed E-state index contributed by atoms with van der Waals surface area (Å²) in [5.74, 6) is -0.210. The number of amides is 1. The van der Waals surface area contributed by atoms with Crippen LogP contribution in [0.25, 0.3) is 11.0 Å². The van der Waals surface area contributed by atoms with E-state index in [1.54, 1.807) is 6.92 Å². The minimum atomic E-state index is -0.957. The van der Waals surface area contributed by atoms with E-state index in [4.69, 9.17) is 32.1 Å². The van der Waals surface area contributed by atoms with Gasteiger partial charge in [-0.15, -0.1) is 0 Å². The van der Waals surface area contributed by atoms with Gasteiger partial charge in [0.05, 0.1) is 26.9 Å². The van der Waals surface area contributed by atoms with Gasteiger partial charge in [-0.25, -0.2) is 0 Å². The Bertz CT molecular complexity index is 1490. The number of benzene rings is 2. The highest BCUT2D eigenvalue weighted by atomic mass is 35.5. The standard InChI is InChI=1S/C21H11Cl2N3O6/c1-9-6-15(24-32-9)25-17(10-2-4-12(5-3-10)26(29)30)16-18(27)13-7-11(22)8-14(23)19(13)31-20(16)21(25)28/h2-8,17H,1H3/t17-/m0/s1. The predicted octanol–water partition coefficient (Wildman–Crippen LogP) is 5.05. The van der Waals surface area contributed by atoms with Crippen molar-refractivity contribution in [1.82, 2.24) is 5.16 Å². The Labute approximate surface area is 188 Å². The number of anilines is 1. The normalized spacial score (nSPS) is 15.4. The number of carbonyl (C=O) groups is 1. The number of halogens is 2. The molecule has 0 spiro atoms. The predicted molar refractivity (Wildman–Crippen MR) is 115 cm³/mol. The summed E-state index contributed by atoms with van der Waals surface area (Å²) in [6, 6.07) is 8.93. The first-order valence-corrected chi connectivity index (χ1v) is 9.99. The van der Waals surface area contributed by atoms with E-state index in [0.29, 0.717) is 11.3 Å². The Morgan fingerprint density at radius 3 is 2.47 bits per heavy atom. The lowest BCUT2D eigenvalue weighted by molar-refractivity contribution is -0.384. The minimum Gasteiger partial charge on any atom is -0.449 e. The van der Waals surface area contributed by atoms with E-state index in [9.17, 15) is 19.7 Å². The van der Waals surface area contributed by atoms with E-state index in [2.05, 4.69) is 5.16 Å². The number of hydrogen-bond acceptors (Lipinski definition) is 7. The SMILES string of the molecule is Cc1cc(N2C(=O)c3oc4c(Cl)cc(Cl)cc4c(=O)c3[C@@H]2c2ccc([N+](=O)[O-])cc2)no1. The topological polar surface area (TPSA) is 120 Å². The molecule has 1 aliphatic heterocycles. The van der Waals surface area contributed by atoms with Crippen LogP contribution in [0.3, 0.4) is 0 Å². The number of nitro groups is 1. The fourth-order valence-electron chi connectivity index (χ4n) is 3.80. The maximum absolute atomic E-state index is 13.5. The van der Waals surface area contributed by atoms with Crippen LogP contribution in [-0.2, 0) is 0 Å². The van der Waals surface area contributed by atoms with Gasteiger partial charge in [0.25, 0.3) is 11.6 Å². The number of aryl methyl sites for hydroxylation is 1. The van der Waals surface area contributed by atoms with Gasteiger partial charge < -0.3 is 8.94 Å². The van der Waals surface area contributed by atoms with Crippen molar-refractivity contribution in [2.24, 2.45) is 0 Å². The molecule has 1 aliphatic rings. The molecule has 2 aromatic carbocycles. The van der Waals surface area contributed by atoms with Crippen LogP contribution in [0.15, 0.2) is 56.2 Å². The second-order valence-electron chi connectivity index (χ2n) is 7.16. The Balaban J connectivity index is 1.81. The van der Waals surface area contributed by atoms with Gasteiger partial charge in [-0.3, -0.25) is 24.6 Å². The molecule has 0 saturated carbocycles. The second kappa shape index (κ2) is 7.18. The lowest BCUT2D eigenvalue weighted by Crippen LogP contribution is -2.29. The Morgan fingerprint density at radius 2 is 1.84 bits per heavy atom. The van der Waals surface area contributed by atoms with Crippen molar-refractivity contribution in [2.45, 2.75) is 13.0 Å². The van der Waals surface area contributed by atoms with Crippen molar-refractivity contribution in [2.75, 3.05) is 4.90 Å². The average Bonchev–Trinajstić information content (AvgIpc) is 3.30. The van der Waals surface area contributed by atoms with E-state index in [0.717, 1.165) is 0 Å². The van der Waals surface area contributed by atoms with Gasteiger partial charge in [-0.2, -0.15) is 0 Å². The molecular weight excluding hydrogens is 461 g/mol. The summed E-state index contributed by atoms with van der Waals surface area (Å²) < 4.78 is 10.9. The van der Waals surface area contributed by atoms with Crippen LogP contribution in [0, 0.1) is 17.0 Å². The molecule has 11 heteroatoms. The third-order valence-electron chi connectivity index (χ3n) is 5.17. The van der Waals surface area contributed by atoms with Crippen molar-refractivity contribution in [3.8, 4) is 0 Å². The van der Waals surface area contributed by atoms with Gasteiger partial charge in [0.15, 0.2) is 16.8 Å². The molecule has 0 saturated heterocycles. The molecule has 0 bridgehead atoms. The summed E-state index contributed by atoms with van der Waals surface area (Å²) in [5.41, 5.74) is -0.0939. The maximum Gasteiger partial charge on any atom is 0.296 e. The summed E-state index contributed by atoms with van der Waals surface area (Å²) in [4.78, 5) is 38.7. The molecular formula is C21H11Cl2N3O6. The van der Waals surface area contributed by atoms with Gasteiger partial charge in [0.2, 0.25) is 5.76 Å². The number of fused-ring (bicyclic) bond motifs is 2. The van der Waals surface area contributed by atoms with Gasteiger partial charge in [0, 0.05) is 23.2 Å². The number of hydrogen-bond donors (Lipinski definition) is 0. The Hall–Kier alpha value is -3.69. The van der Waals surface area contributed by atoms with Crippen LogP contribution >= 0.6 is 23.2 Å². The van der Waals surface area contributed by atoms with Crippen molar-refractivity contribution in [3.05, 3.63) is 95.5 Å². The van der Waals surface area contributed by atoms with E-state index in [-0.39, 0.29) is 43.8 Å². The van der Waals surface area contributed by atoms with Crippen LogP contribution < -0.4 is 10.3 Å². The fraction of sp³-hybridized carbons (Fsp3) is 0.0952. The minimum absolute atomic E-state index is 0.0359. The molecule has 3 heterocycles. The monoisotopic (exact) mass is 471 g/mol. The van der Waals surface area contributed by atoms with Gasteiger partial charge in [0.1, 0.15) is 5.76 Å². The van der Waals surface area contributed by atoms with Crippen molar-refractivity contribution in [1.29, 1.82) is 0 Å². The van der Waals surface area contributed by atoms with Crippen LogP contribution in [0.5, 0.6) is 0 Å². The molecule has 1 amide bonds. The highest BCUT2D eigenvalue weighted by molar-refractivity contribution is 6.38. The van der Waals surface area contributed by atoms with Crippen LogP contribution in [0.1, 0.15) is 33.5 Å². The van der Waals surface area contributed by atoms with Gasteiger partial charge in [-0.05, 0) is 36.8 Å². The quantitative estimate of drug-likeness (QED) is 0.302. The second-order valence-corrected chi connectivity index (χ2v) is 8.00. The van der Waals surface area contributed by atoms with Crippen LogP contribution in [-0.4, -0.2) is 16.0 Å². The summed E-state index contributed by atoms with van der Waals surface area (Å²) in [5, 5.41) is 15.4. The number of rotatable bonds is 3. The molecule has 5 rings (SSSR count). The molecule has 0 aliphatic carbocycles. The summed E-state index contributed by atoms with van der Waals surface area (Å²) in [6.07, 6.45) is 0. The Morgan fingerprint density at radius 1 is 1.12 bits per heavy atom. The highest BCUT2D eigenvalue weighted by Gasteiger charge is 2.45. The number of carbonyl (C=O) groups excluding carboxylic acids is 1. The zero-order chi connectivity index (χ0) is 22.7. The molecule has 0 radical (unpaired) electrons. The zero-order valence-electron chi connectivity index (χ0n) is 16.2. The van der Waals surface area contributed by atoms with Gasteiger partial charge in [-0.1, -0.05) is 28.4 Å². The molecule has 1 atom stereocenters. The molecule has 2 aromatic heterocycles. The van der Waals surface area contributed by atoms with E-state index in [1.807, 2.05) is 0 Å². The molecule has 0 fully saturated rings. The van der Waals surface area contributed by atoms with Crippen molar-refractivity contribution >= 4 is 51.6 Å². The molecule has 160 valence electrons. The fourth-order valence-corrected chi connectivity index (χ4v) is 4.33. The lowest BCUT2D eigenvalue weighted by Gasteiger charge is -2.22. The van der Waals surface area contributed by atoms with Crippen LogP contribution in [0.4, 0.5) is 11.5 Å². The molecule has 4 aromatic rings. The lowest BCUT2D eigenvalue weighted by atomic mass is 9.98. The maximum atomic E-state index is 13.5. The van der Waals surface area contributed by atoms with E-state index in [1.165, 1.54) is 47.4 Å². The van der Waals surface area contributed by atoms with Crippen LogP contribution in [0.2, 0.25) is 10.0 Å². The first kappa shape index (κ1) is 20.2. The molecule has 32 heavy (non-hydrogen) atoms. The summed E-state index contributed by atoms with van der Waals surface area (Å²) in [7, 11) is 0. The highest BCUT2D eigenvalue weighted by Crippen LogP contribution is 2.42. The third-order valence-corrected chi connectivity index (χ3v) is 5.67. The third kappa shape index (κ3) is 2.97. The molecule has 9 nitrogen and oxygen atoms in total. The van der Waals surface area contributed by atoms with E-state index < -0.39 is 22.3 Å². The zero-order valence-corrected chi connectivity index (χ0v) is 17.7. The molecule has 0 unspecified atom stereocenters. The summed E-state index contributed by atoms with van der Waals surface area (Å²) >= 11 is 12.3. The smallest absolute Gasteiger partial charge is 0.296 e. The van der Waals surface area contributed by atoms with Crippen molar-refractivity contribution < 1.29 is 18.7 Å². The largest absolute Gasteiger partial charge is 0.449 e. The number of aromatic nitrogens is 1.